The van der Waals surface area contributed by atoms with Gasteiger partial charge in [0, 0.05) is 24.2 Å². The van der Waals surface area contributed by atoms with Gasteiger partial charge in [-0.05, 0) is 63.8 Å². The first-order valence-corrected chi connectivity index (χ1v) is 8.34. The van der Waals surface area contributed by atoms with Crippen molar-refractivity contribution in [2.75, 3.05) is 7.05 Å². The molecule has 0 aliphatic carbocycles. The first-order valence-electron chi connectivity index (χ1n) is 8.34. The molecule has 116 valence electrons. The number of piperidine rings is 2. The summed E-state index contributed by atoms with van der Waals surface area (Å²) in [5.41, 5.74) is 1.21. The van der Waals surface area contributed by atoms with Crippen LogP contribution < -0.4 is 5.32 Å². The van der Waals surface area contributed by atoms with Crippen LogP contribution in [0.25, 0.3) is 0 Å². The zero-order valence-corrected chi connectivity index (χ0v) is 13.2. The minimum absolute atomic E-state index is 0.150. The molecule has 1 aromatic rings. The predicted molar refractivity (Wildman–Crippen MR) is 84.9 cm³/mol. The van der Waals surface area contributed by atoms with Crippen LogP contribution in [0.15, 0.2) is 24.3 Å². The van der Waals surface area contributed by atoms with Crippen LogP contribution in [0.5, 0.6) is 0 Å². The van der Waals surface area contributed by atoms with Crippen molar-refractivity contribution >= 4 is 0 Å². The summed E-state index contributed by atoms with van der Waals surface area (Å²) in [6.07, 6.45) is 7.65. The molecular formula is C18H27FN2. The molecule has 3 rings (SSSR count). The van der Waals surface area contributed by atoms with Gasteiger partial charge in [-0.2, -0.15) is 0 Å². The van der Waals surface area contributed by atoms with E-state index in [-0.39, 0.29) is 5.82 Å². The van der Waals surface area contributed by atoms with Crippen molar-refractivity contribution in [2.45, 2.75) is 69.6 Å². The fourth-order valence-corrected chi connectivity index (χ4v) is 4.19. The van der Waals surface area contributed by atoms with Crippen LogP contribution in [0.2, 0.25) is 0 Å². The van der Waals surface area contributed by atoms with Gasteiger partial charge in [0.15, 0.2) is 0 Å². The number of hydrogen-bond donors (Lipinski definition) is 1. The third-order valence-electron chi connectivity index (χ3n) is 5.32. The largest absolute Gasteiger partial charge is 0.311 e. The van der Waals surface area contributed by atoms with Crippen LogP contribution in [0.3, 0.4) is 0 Å². The van der Waals surface area contributed by atoms with Crippen molar-refractivity contribution < 1.29 is 4.39 Å². The summed E-state index contributed by atoms with van der Waals surface area (Å²) in [7, 11) is 2.30. The standard InChI is InChI=1S/C18H27FN2/c1-13(10-14-6-8-15(19)9-7-14)20-16-11-17-4-3-5-18(12-16)21(17)2/h6-9,13,16-18,20H,3-5,10-12H2,1-2H3/t13-,16?,17-,18+/m1/s1. The van der Waals surface area contributed by atoms with Gasteiger partial charge in [0.2, 0.25) is 0 Å². The average Bonchev–Trinajstić information content (AvgIpc) is 2.42. The van der Waals surface area contributed by atoms with E-state index in [2.05, 4.69) is 24.2 Å². The molecule has 1 aromatic carbocycles. The molecule has 4 atom stereocenters. The lowest BCUT2D eigenvalue weighted by Gasteiger charge is -2.47. The molecule has 1 N–H and O–H groups in total. The first kappa shape index (κ1) is 15.0. The van der Waals surface area contributed by atoms with Crippen molar-refractivity contribution in [2.24, 2.45) is 0 Å². The van der Waals surface area contributed by atoms with E-state index in [4.69, 9.17) is 0 Å². The fourth-order valence-electron chi connectivity index (χ4n) is 4.19. The highest BCUT2D eigenvalue weighted by Crippen LogP contribution is 2.32. The zero-order chi connectivity index (χ0) is 14.8. The number of benzene rings is 1. The molecule has 2 nitrogen and oxygen atoms in total. The molecule has 0 aromatic heterocycles. The van der Waals surface area contributed by atoms with Gasteiger partial charge in [-0.3, -0.25) is 0 Å². The normalized spacial score (nSPS) is 31.1. The van der Waals surface area contributed by atoms with Crippen LogP contribution >= 0.6 is 0 Å². The fraction of sp³-hybridized carbons (Fsp3) is 0.667. The maximum Gasteiger partial charge on any atom is 0.123 e. The number of hydrogen-bond acceptors (Lipinski definition) is 2. The van der Waals surface area contributed by atoms with Crippen LogP contribution in [0.4, 0.5) is 4.39 Å². The SMILES string of the molecule is C[C@H](Cc1ccc(F)cc1)NC1C[C@H]2CCC[C@@H](C1)N2C. The van der Waals surface area contributed by atoms with Gasteiger partial charge in [-0.15, -0.1) is 0 Å². The molecule has 2 heterocycles. The maximum absolute atomic E-state index is 12.9. The summed E-state index contributed by atoms with van der Waals surface area (Å²) in [6.45, 7) is 2.25. The van der Waals surface area contributed by atoms with Gasteiger partial charge >= 0.3 is 0 Å². The number of fused-ring (bicyclic) bond motifs is 2. The average molecular weight is 290 g/mol. The molecule has 0 radical (unpaired) electrons. The van der Waals surface area contributed by atoms with Gasteiger partial charge in [0.25, 0.3) is 0 Å². The van der Waals surface area contributed by atoms with Gasteiger partial charge in [0.05, 0.1) is 0 Å². The Morgan fingerprint density at radius 1 is 1.19 bits per heavy atom. The van der Waals surface area contributed by atoms with Crippen molar-refractivity contribution in [3.05, 3.63) is 35.6 Å². The first-order chi connectivity index (χ1) is 10.1. The molecular weight excluding hydrogens is 263 g/mol. The van der Waals surface area contributed by atoms with E-state index in [1.807, 2.05) is 12.1 Å². The monoisotopic (exact) mass is 290 g/mol. The Labute approximate surface area is 127 Å². The van der Waals surface area contributed by atoms with Gasteiger partial charge in [-0.25, -0.2) is 4.39 Å². The van der Waals surface area contributed by atoms with Crippen molar-refractivity contribution in [1.82, 2.24) is 10.2 Å². The molecule has 1 unspecified atom stereocenters. The van der Waals surface area contributed by atoms with E-state index in [1.54, 1.807) is 12.1 Å². The Bertz CT molecular complexity index is 445. The lowest BCUT2D eigenvalue weighted by molar-refractivity contribution is 0.0463. The third kappa shape index (κ3) is 3.64. The maximum atomic E-state index is 12.9. The van der Waals surface area contributed by atoms with Gasteiger partial charge in [-0.1, -0.05) is 18.6 Å². The summed E-state index contributed by atoms with van der Waals surface area (Å²) in [6, 6.07) is 9.55. The van der Waals surface area contributed by atoms with Crippen molar-refractivity contribution in [3.8, 4) is 0 Å². The van der Waals surface area contributed by atoms with Crippen molar-refractivity contribution in [3.63, 3.8) is 0 Å². The lowest BCUT2D eigenvalue weighted by atomic mass is 9.82. The van der Waals surface area contributed by atoms with Crippen LogP contribution in [-0.4, -0.2) is 36.1 Å². The smallest absolute Gasteiger partial charge is 0.123 e. The van der Waals surface area contributed by atoms with Crippen LogP contribution in [0.1, 0.15) is 44.6 Å². The van der Waals surface area contributed by atoms with Crippen LogP contribution in [-0.2, 0) is 6.42 Å². The zero-order valence-electron chi connectivity index (χ0n) is 13.2. The molecule has 2 aliphatic rings. The molecule has 2 fully saturated rings. The molecule has 3 heteroatoms. The molecule has 2 aliphatic heterocycles. The highest BCUT2D eigenvalue weighted by molar-refractivity contribution is 5.17. The van der Waals surface area contributed by atoms with E-state index in [0.29, 0.717) is 12.1 Å². The predicted octanol–water partition coefficient (Wildman–Crippen LogP) is 3.36. The summed E-state index contributed by atoms with van der Waals surface area (Å²) in [4.78, 5) is 2.60. The Kier molecular flexibility index (Phi) is 4.60. The second-order valence-corrected chi connectivity index (χ2v) is 6.97. The Balaban J connectivity index is 1.53. The highest BCUT2D eigenvalue weighted by Gasteiger charge is 2.36. The Morgan fingerprint density at radius 2 is 1.81 bits per heavy atom. The molecule has 2 bridgehead atoms. The third-order valence-corrected chi connectivity index (χ3v) is 5.32. The number of halogens is 1. The van der Waals surface area contributed by atoms with E-state index >= 15 is 0 Å². The number of rotatable bonds is 4. The summed E-state index contributed by atoms with van der Waals surface area (Å²) in [5, 5.41) is 3.81. The molecule has 0 spiro atoms. The number of nitrogens with zero attached hydrogens (tertiary/aromatic N) is 1. The minimum atomic E-state index is -0.150. The van der Waals surface area contributed by atoms with E-state index in [0.717, 1.165) is 18.5 Å². The summed E-state index contributed by atoms with van der Waals surface area (Å²) >= 11 is 0. The Hall–Kier alpha value is -0.930. The second-order valence-electron chi connectivity index (χ2n) is 6.97. The summed E-state index contributed by atoms with van der Waals surface area (Å²) < 4.78 is 12.9. The molecule has 0 amide bonds. The minimum Gasteiger partial charge on any atom is -0.311 e. The quantitative estimate of drug-likeness (QED) is 0.914. The van der Waals surface area contributed by atoms with Gasteiger partial charge in [0.1, 0.15) is 5.82 Å². The molecule has 2 saturated heterocycles. The van der Waals surface area contributed by atoms with E-state index in [9.17, 15) is 4.39 Å². The summed E-state index contributed by atoms with van der Waals surface area (Å²) in [5.74, 6) is -0.150. The van der Waals surface area contributed by atoms with E-state index < -0.39 is 0 Å². The molecule has 21 heavy (non-hydrogen) atoms. The second kappa shape index (κ2) is 6.45. The molecule has 0 saturated carbocycles. The number of nitrogens with one attached hydrogen (secondary N) is 1. The van der Waals surface area contributed by atoms with E-state index in [1.165, 1.54) is 37.7 Å². The van der Waals surface area contributed by atoms with Gasteiger partial charge < -0.3 is 10.2 Å². The topological polar surface area (TPSA) is 15.3 Å². The highest BCUT2D eigenvalue weighted by atomic mass is 19.1. The van der Waals surface area contributed by atoms with Crippen molar-refractivity contribution in [1.29, 1.82) is 0 Å². The lowest BCUT2D eigenvalue weighted by Crippen LogP contribution is -2.55. The Morgan fingerprint density at radius 3 is 2.43 bits per heavy atom. The van der Waals surface area contributed by atoms with Crippen LogP contribution in [0, 0.1) is 5.82 Å².